The van der Waals surface area contributed by atoms with E-state index in [4.69, 9.17) is 4.74 Å². The molecule has 0 radical (unpaired) electrons. The van der Waals surface area contributed by atoms with E-state index >= 15 is 0 Å². The highest BCUT2D eigenvalue weighted by Crippen LogP contribution is 2.27. The summed E-state index contributed by atoms with van der Waals surface area (Å²) >= 11 is 0. The molecule has 0 bridgehead atoms. The maximum Gasteiger partial charge on any atom is 0.412 e. The molecule has 1 heterocycles. The predicted octanol–water partition coefficient (Wildman–Crippen LogP) is 1.62. The molecule has 1 aromatic carbocycles. The molecule has 0 aromatic heterocycles. The summed E-state index contributed by atoms with van der Waals surface area (Å²) in [7, 11) is 0. The molecule has 2 rings (SSSR count). The Hall–Kier alpha value is -1.79. The number of aliphatic hydroxyl groups is 1. The van der Waals surface area contributed by atoms with Gasteiger partial charge in [0.25, 0.3) is 0 Å². The fourth-order valence-electron chi connectivity index (χ4n) is 2.12. The molecule has 1 saturated heterocycles. The van der Waals surface area contributed by atoms with Crippen molar-refractivity contribution >= 4 is 11.8 Å². The van der Waals surface area contributed by atoms with Crippen molar-refractivity contribution < 1.29 is 19.7 Å². The number of phenols is 1. The molecule has 6 heteroatoms. The number of carbonyl (C=O) groups excluding carboxylic acids is 1. The first-order chi connectivity index (χ1) is 9.67. The van der Waals surface area contributed by atoms with Gasteiger partial charge >= 0.3 is 6.09 Å². The Kier molecular flexibility index (Phi) is 4.11. The lowest BCUT2D eigenvalue weighted by atomic mass is 9.89. The number of aromatic hydroxyl groups is 1. The zero-order valence-corrected chi connectivity index (χ0v) is 12.6. The molecule has 0 spiro atoms. The topological polar surface area (TPSA) is 90.8 Å². The lowest BCUT2D eigenvalue weighted by molar-refractivity contribution is -0.00904. The van der Waals surface area contributed by atoms with Crippen molar-refractivity contribution in [3.8, 4) is 5.75 Å². The van der Waals surface area contributed by atoms with Gasteiger partial charge in [0.1, 0.15) is 11.4 Å². The second-order valence-corrected chi connectivity index (χ2v) is 6.48. The Bertz CT molecular complexity index is 533. The van der Waals surface area contributed by atoms with Crippen molar-refractivity contribution in [3.05, 3.63) is 23.8 Å². The second-order valence-electron chi connectivity index (χ2n) is 6.48. The Morgan fingerprint density at radius 1 is 1.43 bits per heavy atom. The Morgan fingerprint density at radius 2 is 2.10 bits per heavy atom. The number of amides is 1. The maximum absolute atomic E-state index is 11.7. The van der Waals surface area contributed by atoms with E-state index in [-0.39, 0.29) is 11.4 Å². The first-order valence-corrected chi connectivity index (χ1v) is 6.92. The molecule has 1 aromatic rings. The minimum atomic E-state index is -0.744. The van der Waals surface area contributed by atoms with E-state index in [0.717, 1.165) is 5.56 Å². The van der Waals surface area contributed by atoms with Crippen molar-refractivity contribution in [2.45, 2.75) is 38.4 Å². The molecule has 4 N–H and O–H groups in total. The standard InChI is InChI=1S/C15H22N2O4/c1-14(2,3)21-13(19)17-11-5-4-10(6-12(11)18)7-15(20)8-16-9-15/h4-6,16,18,20H,7-9H2,1-3H3,(H,17,19). The third kappa shape index (κ3) is 4.34. The molecular formula is C15H22N2O4. The highest BCUT2D eigenvalue weighted by molar-refractivity contribution is 5.86. The number of anilines is 1. The van der Waals surface area contributed by atoms with E-state index in [1.54, 1.807) is 39.0 Å². The summed E-state index contributed by atoms with van der Waals surface area (Å²) in [4.78, 5) is 11.7. The Morgan fingerprint density at radius 3 is 2.57 bits per heavy atom. The van der Waals surface area contributed by atoms with Gasteiger partial charge in [-0.1, -0.05) is 6.07 Å². The van der Waals surface area contributed by atoms with Crippen LogP contribution in [0.1, 0.15) is 26.3 Å². The first-order valence-electron chi connectivity index (χ1n) is 6.92. The van der Waals surface area contributed by atoms with Crippen LogP contribution in [-0.4, -0.2) is 40.6 Å². The third-order valence-electron chi connectivity index (χ3n) is 3.14. The molecule has 0 saturated carbocycles. The summed E-state index contributed by atoms with van der Waals surface area (Å²) in [6, 6.07) is 4.91. The van der Waals surface area contributed by atoms with Crippen LogP contribution in [0.15, 0.2) is 18.2 Å². The van der Waals surface area contributed by atoms with E-state index in [0.29, 0.717) is 19.5 Å². The van der Waals surface area contributed by atoms with Crippen molar-refractivity contribution in [3.63, 3.8) is 0 Å². The number of rotatable bonds is 3. The molecule has 0 atom stereocenters. The molecule has 1 fully saturated rings. The monoisotopic (exact) mass is 294 g/mol. The van der Waals surface area contributed by atoms with Crippen LogP contribution >= 0.6 is 0 Å². The molecule has 6 nitrogen and oxygen atoms in total. The van der Waals surface area contributed by atoms with E-state index in [1.165, 1.54) is 0 Å². The lowest BCUT2D eigenvalue weighted by Crippen LogP contribution is -2.60. The molecule has 0 unspecified atom stereocenters. The molecule has 1 aliphatic rings. The molecule has 1 amide bonds. The lowest BCUT2D eigenvalue weighted by Gasteiger charge is -2.37. The number of ether oxygens (including phenoxy) is 1. The third-order valence-corrected chi connectivity index (χ3v) is 3.14. The summed E-state index contributed by atoms with van der Waals surface area (Å²) in [6.07, 6.45) is -0.160. The smallest absolute Gasteiger partial charge is 0.412 e. The summed E-state index contributed by atoms with van der Waals surface area (Å²) < 4.78 is 5.12. The minimum Gasteiger partial charge on any atom is -0.506 e. The Labute approximate surface area is 124 Å². The van der Waals surface area contributed by atoms with Gasteiger partial charge < -0.3 is 20.3 Å². The van der Waals surface area contributed by atoms with Gasteiger partial charge in [-0.25, -0.2) is 4.79 Å². The quantitative estimate of drug-likeness (QED) is 0.636. The first kappa shape index (κ1) is 15.6. The zero-order chi connectivity index (χ0) is 15.7. The van der Waals surface area contributed by atoms with Crippen molar-refractivity contribution in [2.24, 2.45) is 0 Å². The van der Waals surface area contributed by atoms with Crippen LogP contribution in [0.3, 0.4) is 0 Å². The Balaban J connectivity index is 2.00. The minimum absolute atomic E-state index is 0.0470. The second kappa shape index (κ2) is 5.54. The van der Waals surface area contributed by atoms with E-state index in [2.05, 4.69) is 10.6 Å². The van der Waals surface area contributed by atoms with Crippen molar-refractivity contribution in [1.29, 1.82) is 0 Å². The highest BCUT2D eigenvalue weighted by Gasteiger charge is 2.34. The summed E-state index contributed by atoms with van der Waals surface area (Å²) in [5.74, 6) is -0.0470. The van der Waals surface area contributed by atoms with Crippen LogP contribution in [-0.2, 0) is 11.2 Å². The van der Waals surface area contributed by atoms with Crippen molar-refractivity contribution in [1.82, 2.24) is 5.32 Å². The van der Waals surface area contributed by atoms with Crippen LogP contribution in [0.25, 0.3) is 0 Å². The van der Waals surface area contributed by atoms with Crippen LogP contribution in [0.2, 0.25) is 0 Å². The van der Waals surface area contributed by atoms with Gasteiger partial charge in [0.2, 0.25) is 0 Å². The highest BCUT2D eigenvalue weighted by atomic mass is 16.6. The van der Waals surface area contributed by atoms with Crippen LogP contribution in [0, 0.1) is 0 Å². The predicted molar refractivity (Wildman–Crippen MR) is 79.5 cm³/mol. The number of hydrogen-bond acceptors (Lipinski definition) is 5. The molecule has 116 valence electrons. The fourth-order valence-corrected chi connectivity index (χ4v) is 2.12. The van der Waals surface area contributed by atoms with E-state index in [1.807, 2.05) is 0 Å². The van der Waals surface area contributed by atoms with Gasteiger partial charge in [0.05, 0.1) is 11.3 Å². The van der Waals surface area contributed by atoms with Gasteiger partial charge in [-0.2, -0.15) is 0 Å². The average Bonchev–Trinajstić information content (AvgIpc) is 2.28. The summed E-state index contributed by atoms with van der Waals surface area (Å²) in [5, 5.41) is 25.5. The largest absolute Gasteiger partial charge is 0.506 e. The number of benzene rings is 1. The number of hydrogen-bond donors (Lipinski definition) is 4. The molecular weight excluding hydrogens is 272 g/mol. The van der Waals surface area contributed by atoms with Gasteiger partial charge in [-0.15, -0.1) is 0 Å². The average molecular weight is 294 g/mol. The summed E-state index contributed by atoms with van der Waals surface area (Å²) in [6.45, 7) is 6.39. The molecule has 1 aliphatic heterocycles. The SMILES string of the molecule is CC(C)(C)OC(=O)Nc1ccc(CC2(O)CNC2)cc1O. The van der Waals surface area contributed by atoms with Gasteiger partial charge in [-0.05, 0) is 38.5 Å². The molecule has 21 heavy (non-hydrogen) atoms. The normalized spacial score (nSPS) is 17.0. The van der Waals surface area contributed by atoms with Crippen LogP contribution in [0.4, 0.5) is 10.5 Å². The number of carbonyl (C=O) groups is 1. The number of β-amino-alcohol motifs (C(OH)–C–C–N with tert-alkyl or cyclic N) is 1. The zero-order valence-electron chi connectivity index (χ0n) is 12.6. The summed E-state index contributed by atoms with van der Waals surface area (Å²) in [5.41, 5.74) is -0.245. The molecule has 0 aliphatic carbocycles. The van der Waals surface area contributed by atoms with Crippen LogP contribution < -0.4 is 10.6 Å². The number of phenolic OH excluding ortho intramolecular Hbond substituents is 1. The van der Waals surface area contributed by atoms with E-state index < -0.39 is 17.3 Å². The van der Waals surface area contributed by atoms with E-state index in [9.17, 15) is 15.0 Å². The van der Waals surface area contributed by atoms with Gasteiger partial charge in [0, 0.05) is 19.5 Å². The fraction of sp³-hybridized carbons (Fsp3) is 0.533. The van der Waals surface area contributed by atoms with Crippen molar-refractivity contribution in [2.75, 3.05) is 18.4 Å². The van der Waals surface area contributed by atoms with Gasteiger partial charge in [-0.3, -0.25) is 5.32 Å². The number of nitrogens with one attached hydrogen (secondary N) is 2. The maximum atomic E-state index is 11.7. The van der Waals surface area contributed by atoms with Crippen LogP contribution in [0.5, 0.6) is 5.75 Å². The van der Waals surface area contributed by atoms with Gasteiger partial charge in [0.15, 0.2) is 0 Å².